The molecule has 150 valence electrons. The normalized spacial score (nSPS) is 11.7. The maximum Gasteiger partial charge on any atom is 0.248 e. The monoisotopic (exact) mass is 430 g/mol. The highest BCUT2D eigenvalue weighted by atomic mass is 35.5. The molecule has 0 atom stereocenters. The van der Waals surface area contributed by atoms with E-state index in [-0.39, 0.29) is 17.3 Å². The van der Waals surface area contributed by atoms with Gasteiger partial charge in [-0.15, -0.1) is 0 Å². The van der Waals surface area contributed by atoms with Crippen LogP contribution < -0.4 is 10.0 Å². The molecule has 0 unspecified atom stereocenters. The summed E-state index contributed by atoms with van der Waals surface area (Å²) < 4.78 is 32.2. The summed E-state index contributed by atoms with van der Waals surface area (Å²) in [6.45, 7) is 1.94. The smallest absolute Gasteiger partial charge is 0.248 e. The lowest BCUT2D eigenvalue weighted by Crippen LogP contribution is -2.22. The van der Waals surface area contributed by atoms with E-state index < -0.39 is 10.0 Å². The molecule has 0 bridgehead atoms. The molecule has 2 N–H and O–H groups in total. The van der Waals surface area contributed by atoms with E-state index in [0.29, 0.717) is 22.0 Å². The lowest BCUT2D eigenvalue weighted by molar-refractivity contribution is -0.111. The lowest BCUT2D eigenvalue weighted by atomic mass is 10.2. The Hall–Kier alpha value is -2.87. The highest BCUT2D eigenvalue weighted by Gasteiger charge is 2.14. The summed E-state index contributed by atoms with van der Waals surface area (Å²) in [6, 6.07) is 14.8. The molecule has 3 rings (SSSR count). The number of benzene rings is 2. The summed E-state index contributed by atoms with van der Waals surface area (Å²) in [5.41, 5.74) is 2.22. The van der Waals surface area contributed by atoms with Crippen molar-refractivity contribution in [2.45, 2.75) is 18.4 Å². The van der Waals surface area contributed by atoms with Crippen molar-refractivity contribution in [3.05, 3.63) is 88.8 Å². The van der Waals surface area contributed by atoms with Crippen molar-refractivity contribution >= 4 is 39.3 Å². The van der Waals surface area contributed by atoms with Crippen molar-refractivity contribution in [2.75, 3.05) is 5.32 Å². The van der Waals surface area contributed by atoms with Crippen LogP contribution in [0.1, 0.15) is 16.9 Å². The van der Waals surface area contributed by atoms with Crippen LogP contribution in [0.3, 0.4) is 0 Å². The maximum absolute atomic E-state index is 12.3. The van der Waals surface area contributed by atoms with Gasteiger partial charge >= 0.3 is 0 Å². The number of nitrogens with one attached hydrogen (secondary N) is 2. The maximum atomic E-state index is 12.3. The third kappa shape index (κ3) is 5.80. The van der Waals surface area contributed by atoms with Crippen LogP contribution in [-0.4, -0.2) is 14.3 Å². The molecule has 0 spiro atoms. The van der Waals surface area contributed by atoms with E-state index in [9.17, 15) is 13.2 Å². The zero-order valence-electron chi connectivity index (χ0n) is 15.6. The fourth-order valence-electron chi connectivity index (χ4n) is 2.50. The predicted molar refractivity (Wildman–Crippen MR) is 113 cm³/mol. The van der Waals surface area contributed by atoms with Crippen LogP contribution in [0.5, 0.6) is 0 Å². The molecule has 0 saturated heterocycles. The molecule has 1 aromatic heterocycles. The van der Waals surface area contributed by atoms with E-state index in [4.69, 9.17) is 16.0 Å². The zero-order valence-corrected chi connectivity index (χ0v) is 17.1. The summed E-state index contributed by atoms with van der Waals surface area (Å²) in [7, 11) is -3.66. The van der Waals surface area contributed by atoms with Gasteiger partial charge in [-0.2, -0.15) is 0 Å². The van der Waals surface area contributed by atoms with Crippen LogP contribution in [0, 0.1) is 6.92 Å². The number of anilines is 1. The van der Waals surface area contributed by atoms with Crippen molar-refractivity contribution in [2.24, 2.45) is 0 Å². The summed E-state index contributed by atoms with van der Waals surface area (Å²) in [6.07, 6.45) is 4.45. The molecular weight excluding hydrogens is 412 g/mol. The average molecular weight is 431 g/mol. The summed E-state index contributed by atoms with van der Waals surface area (Å²) in [4.78, 5) is 12.2. The quantitative estimate of drug-likeness (QED) is 0.544. The Morgan fingerprint density at radius 2 is 1.90 bits per heavy atom. The van der Waals surface area contributed by atoms with E-state index in [0.717, 1.165) is 5.56 Å². The van der Waals surface area contributed by atoms with Gasteiger partial charge in [-0.1, -0.05) is 29.8 Å². The van der Waals surface area contributed by atoms with Crippen molar-refractivity contribution in [3.8, 4) is 0 Å². The second kappa shape index (κ2) is 9.09. The summed E-state index contributed by atoms with van der Waals surface area (Å²) >= 11 is 5.95. The Labute approximate surface area is 174 Å². The predicted octanol–water partition coefficient (Wildman–Crippen LogP) is 4.37. The van der Waals surface area contributed by atoms with Crippen molar-refractivity contribution < 1.29 is 17.6 Å². The van der Waals surface area contributed by atoms with E-state index in [2.05, 4.69) is 10.0 Å². The molecule has 0 aliphatic heterocycles. The van der Waals surface area contributed by atoms with E-state index in [1.165, 1.54) is 24.5 Å². The topological polar surface area (TPSA) is 88.4 Å². The van der Waals surface area contributed by atoms with Crippen molar-refractivity contribution in [1.82, 2.24) is 4.72 Å². The van der Waals surface area contributed by atoms with Gasteiger partial charge in [-0.25, -0.2) is 13.1 Å². The summed E-state index contributed by atoms with van der Waals surface area (Å²) in [5.74, 6) is 0.210. The van der Waals surface area contributed by atoms with Gasteiger partial charge in [0.2, 0.25) is 15.9 Å². The number of carbonyl (C=O) groups excluding carboxylic acids is 1. The standard InChI is InChI=1S/C21H19ClN2O4S/c1-15-4-8-17(22)13-20(15)24-21(25)11-7-16-5-9-19(10-6-16)29(26,27)23-14-18-3-2-12-28-18/h2-13,23H,14H2,1H3,(H,24,25)/b11-7+. The second-order valence-electron chi connectivity index (χ2n) is 6.25. The third-order valence-corrected chi connectivity index (χ3v) is 5.74. The van der Waals surface area contributed by atoms with Gasteiger partial charge in [0.15, 0.2) is 0 Å². The molecule has 1 heterocycles. The number of sulfonamides is 1. The van der Waals surface area contributed by atoms with E-state index in [1.54, 1.807) is 42.5 Å². The van der Waals surface area contributed by atoms with Crippen LogP contribution in [0.25, 0.3) is 6.08 Å². The zero-order chi connectivity index (χ0) is 20.9. The second-order valence-corrected chi connectivity index (χ2v) is 8.46. The fourth-order valence-corrected chi connectivity index (χ4v) is 3.66. The SMILES string of the molecule is Cc1ccc(Cl)cc1NC(=O)/C=C/c1ccc(S(=O)(=O)NCc2ccco2)cc1. The number of carbonyl (C=O) groups is 1. The molecular formula is C21H19ClN2O4S. The molecule has 3 aromatic rings. The third-order valence-electron chi connectivity index (χ3n) is 4.09. The van der Waals surface area contributed by atoms with E-state index >= 15 is 0 Å². The van der Waals surface area contributed by atoms with Crippen molar-refractivity contribution in [1.29, 1.82) is 0 Å². The number of rotatable bonds is 7. The van der Waals surface area contributed by atoms with Crippen LogP contribution in [0.15, 0.2) is 76.2 Å². The minimum absolute atomic E-state index is 0.0695. The minimum Gasteiger partial charge on any atom is -0.468 e. The average Bonchev–Trinajstić information content (AvgIpc) is 3.22. The van der Waals surface area contributed by atoms with Gasteiger partial charge in [0.1, 0.15) is 5.76 Å². The summed E-state index contributed by atoms with van der Waals surface area (Å²) in [5, 5.41) is 3.30. The first-order chi connectivity index (χ1) is 13.8. The number of halogens is 1. The Balaban J connectivity index is 1.62. The first-order valence-corrected chi connectivity index (χ1v) is 10.6. The van der Waals surface area contributed by atoms with Gasteiger partial charge < -0.3 is 9.73 Å². The van der Waals surface area contributed by atoms with Gasteiger partial charge in [0, 0.05) is 16.8 Å². The lowest BCUT2D eigenvalue weighted by Gasteiger charge is -2.07. The number of amides is 1. The largest absolute Gasteiger partial charge is 0.468 e. The first kappa shape index (κ1) is 20.9. The first-order valence-electron chi connectivity index (χ1n) is 8.71. The van der Waals surface area contributed by atoms with E-state index in [1.807, 2.05) is 13.0 Å². The van der Waals surface area contributed by atoms with Crippen LogP contribution in [0.2, 0.25) is 5.02 Å². The molecule has 0 radical (unpaired) electrons. The molecule has 0 aliphatic rings. The number of hydrogen-bond acceptors (Lipinski definition) is 4. The minimum atomic E-state index is -3.66. The van der Waals surface area contributed by atoms with Crippen LogP contribution in [-0.2, 0) is 21.4 Å². The van der Waals surface area contributed by atoms with Crippen molar-refractivity contribution in [3.63, 3.8) is 0 Å². The fraction of sp³-hybridized carbons (Fsp3) is 0.0952. The molecule has 6 nitrogen and oxygen atoms in total. The van der Waals surface area contributed by atoms with Gasteiger partial charge in [0.05, 0.1) is 17.7 Å². The molecule has 2 aromatic carbocycles. The molecule has 0 fully saturated rings. The Morgan fingerprint density at radius 1 is 1.14 bits per heavy atom. The Morgan fingerprint density at radius 3 is 2.59 bits per heavy atom. The Bertz CT molecular complexity index is 1120. The van der Waals surface area contributed by atoms with Gasteiger partial charge in [-0.3, -0.25) is 4.79 Å². The van der Waals surface area contributed by atoms with Crippen LogP contribution in [0.4, 0.5) is 5.69 Å². The Kier molecular flexibility index (Phi) is 6.53. The molecule has 0 saturated carbocycles. The van der Waals surface area contributed by atoms with Gasteiger partial charge in [-0.05, 0) is 60.5 Å². The number of furan rings is 1. The molecule has 1 amide bonds. The molecule has 29 heavy (non-hydrogen) atoms. The highest BCUT2D eigenvalue weighted by Crippen LogP contribution is 2.20. The molecule has 8 heteroatoms. The van der Waals surface area contributed by atoms with Crippen LogP contribution >= 0.6 is 11.6 Å². The number of hydrogen-bond donors (Lipinski definition) is 2. The molecule has 0 aliphatic carbocycles. The van der Waals surface area contributed by atoms with Gasteiger partial charge in [0.25, 0.3) is 0 Å². The highest BCUT2D eigenvalue weighted by molar-refractivity contribution is 7.89. The number of aryl methyl sites for hydroxylation is 1.